The number of hydrogen-bond acceptors (Lipinski definition) is 3. The first-order valence-electron chi connectivity index (χ1n) is 8.97. The van der Waals surface area contributed by atoms with Gasteiger partial charge in [-0.05, 0) is 64.2 Å². The third-order valence-corrected chi connectivity index (χ3v) is 6.22. The zero-order valence-electron chi connectivity index (χ0n) is 15.9. The molecule has 1 aliphatic rings. The van der Waals surface area contributed by atoms with Crippen molar-refractivity contribution in [2.24, 2.45) is 5.92 Å². The number of carbonyl (C=O) groups is 1. The van der Waals surface area contributed by atoms with Crippen LogP contribution in [0.5, 0.6) is 0 Å². The lowest BCUT2D eigenvalue weighted by molar-refractivity contribution is 0.0785. The van der Waals surface area contributed by atoms with Crippen molar-refractivity contribution in [1.29, 1.82) is 0 Å². The Kier molecular flexibility index (Phi) is 5.94. The van der Waals surface area contributed by atoms with E-state index in [4.69, 9.17) is 0 Å². The van der Waals surface area contributed by atoms with E-state index in [1.54, 1.807) is 32.9 Å². The molecule has 1 aromatic rings. The Morgan fingerprint density at radius 2 is 2.00 bits per heavy atom. The largest absolute Gasteiger partial charge is 0.338 e. The molecule has 0 aliphatic carbocycles. The van der Waals surface area contributed by atoms with Gasteiger partial charge in [0.2, 0.25) is 10.0 Å². The highest BCUT2D eigenvalue weighted by Gasteiger charge is 2.29. The number of carbonyl (C=O) groups excluding carboxylic acids is 1. The van der Waals surface area contributed by atoms with Gasteiger partial charge in [-0.3, -0.25) is 4.79 Å². The molecule has 1 fully saturated rings. The van der Waals surface area contributed by atoms with E-state index in [0.717, 1.165) is 37.9 Å². The Hall–Kier alpha value is -1.40. The monoisotopic (exact) mass is 366 g/mol. The van der Waals surface area contributed by atoms with Gasteiger partial charge in [0.25, 0.3) is 5.91 Å². The molecule has 2 rings (SSSR count). The van der Waals surface area contributed by atoms with Crippen molar-refractivity contribution >= 4 is 15.9 Å². The molecule has 1 atom stereocenters. The number of amides is 1. The van der Waals surface area contributed by atoms with Crippen LogP contribution in [0.1, 0.15) is 62.9 Å². The second-order valence-electron chi connectivity index (χ2n) is 8.03. The van der Waals surface area contributed by atoms with E-state index in [2.05, 4.69) is 11.6 Å². The van der Waals surface area contributed by atoms with Gasteiger partial charge < -0.3 is 4.90 Å². The van der Waals surface area contributed by atoms with E-state index in [9.17, 15) is 13.2 Å². The summed E-state index contributed by atoms with van der Waals surface area (Å²) in [4.78, 5) is 14.9. The molecular weight excluding hydrogens is 336 g/mol. The molecule has 1 amide bonds. The lowest BCUT2D eigenvalue weighted by Crippen LogP contribution is -2.40. The predicted molar refractivity (Wildman–Crippen MR) is 100 cm³/mol. The molecule has 0 bridgehead atoms. The number of rotatable bonds is 5. The first kappa shape index (κ1) is 19.9. The van der Waals surface area contributed by atoms with Gasteiger partial charge in [-0.25, -0.2) is 13.1 Å². The number of hydrogen-bond donors (Lipinski definition) is 1. The van der Waals surface area contributed by atoms with Gasteiger partial charge in [0.1, 0.15) is 0 Å². The van der Waals surface area contributed by atoms with Gasteiger partial charge in [0, 0.05) is 24.2 Å². The Morgan fingerprint density at radius 3 is 2.60 bits per heavy atom. The summed E-state index contributed by atoms with van der Waals surface area (Å²) in [6, 6.07) is 4.78. The molecule has 0 saturated carbocycles. The molecule has 0 spiro atoms. The third kappa shape index (κ3) is 5.05. The Balaban J connectivity index is 2.26. The Bertz CT molecular complexity index is 736. The van der Waals surface area contributed by atoms with E-state index < -0.39 is 15.6 Å². The smallest absolute Gasteiger partial charge is 0.254 e. The lowest BCUT2D eigenvalue weighted by atomic mass is 10.0. The first-order chi connectivity index (χ1) is 11.5. The molecule has 1 aliphatic heterocycles. The van der Waals surface area contributed by atoms with E-state index in [1.807, 2.05) is 11.8 Å². The fourth-order valence-corrected chi connectivity index (χ4v) is 4.74. The van der Waals surface area contributed by atoms with Crippen LogP contribution in [0.3, 0.4) is 0 Å². The van der Waals surface area contributed by atoms with Crippen LogP contribution < -0.4 is 4.72 Å². The highest BCUT2D eigenvalue weighted by atomic mass is 32.2. The molecule has 1 heterocycles. The minimum atomic E-state index is -3.65. The zero-order chi connectivity index (χ0) is 18.8. The van der Waals surface area contributed by atoms with Crippen LogP contribution in [0.2, 0.25) is 0 Å². The van der Waals surface area contributed by atoms with E-state index in [0.29, 0.717) is 11.5 Å². The highest BCUT2D eigenvalue weighted by Crippen LogP contribution is 2.25. The van der Waals surface area contributed by atoms with Crippen molar-refractivity contribution in [3.63, 3.8) is 0 Å². The fraction of sp³-hybridized carbons (Fsp3) is 0.632. The lowest BCUT2D eigenvalue weighted by Gasteiger charge is -2.22. The van der Waals surface area contributed by atoms with Crippen molar-refractivity contribution < 1.29 is 13.2 Å². The molecule has 0 unspecified atom stereocenters. The van der Waals surface area contributed by atoms with Crippen molar-refractivity contribution in [3.05, 3.63) is 29.3 Å². The van der Waals surface area contributed by atoms with Crippen LogP contribution in [-0.4, -0.2) is 37.9 Å². The quantitative estimate of drug-likeness (QED) is 0.869. The number of sulfonamides is 1. The van der Waals surface area contributed by atoms with Crippen molar-refractivity contribution in [2.45, 2.75) is 64.3 Å². The first-order valence-corrected chi connectivity index (χ1v) is 10.5. The minimum Gasteiger partial charge on any atom is -0.338 e. The topological polar surface area (TPSA) is 66.5 Å². The second kappa shape index (κ2) is 7.46. The van der Waals surface area contributed by atoms with Crippen LogP contribution in [-0.2, 0) is 10.0 Å². The molecule has 5 nitrogen and oxygen atoms in total. The van der Waals surface area contributed by atoms with Gasteiger partial charge in [0.15, 0.2) is 0 Å². The van der Waals surface area contributed by atoms with Crippen LogP contribution in [0, 0.1) is 12.8 Å². The predicted octanol–water partition coefficient (Wildman–Crippen LogP) is 3.33. The number of aryl methyl sites for hydroxylation is 1. The summed E-state index contributed by atoms with van der Waals surface area (Å²) in [6.45, 7) is 10.9. The molecule has 1 N–H and O–H groups in total. The van der Waals surface area contributed by atoms with Gasteiger partial charge in [-0.2, -0.15) is 0 Å². The summed E-state index contributed by atoms with van der Waals surface area (Å²) in [5, 5.41) is 0. The maximum atomic E-state index is 12.9. The summed E-state index contributed by atoms with van der Waals surface area (Å²) >= 11 is 0. The molecule has 6 heteroatoms. The van der Waals surface area contributed by atoms with Gasteiger partial charge >= 0.3 is 0 Å². The van der Waals surface area contributed by atoms with Crippen molar-refractivity contribution in [1.82, 2.24) is 9.62 Å². The number of likely N-dealkylation sites (tertiary alicyclic amines) is 1. The van der Waals surface area contributed by atoms with Crippen LogP contribution in [0.25, 0.3) is 0 Å². The molecule has 140 valence electrons. The van der Waals surface area contributed by atoms with Gasteiger partial charge in [0.05, 0.1) is 4.90 Å². The summed E-state index contributed by atoms with van der Waals surface area (Å²) in [6.07, 6.45) is 3.28. The fourth-order valence-electron chi connectivity index (χ4n) is 3.29. The standard InChI is InChI=1S/C19H30N2O3S/c1-6-7-15-10-11-21(13-15)18(22)17-12-16(9-8-14(17)2)25(23,24)20-19(3,4)5/h8-9,12,15,20H,6-7,10-11,13H2,1-5H3/t15-/m0/s1. The van der Waals surface area contributed by atoms with Crippen molar-refractivity contribution in [2.75, 3.05) is 13.1 Å². The SMILES string of the molecule is CCC[C@H]1CCN(C(=O)c2cc(S(=O)(=O)NC(C)(C)C)ccc2C)C1. The van der Waals surface area contributed by atoms with Crippen molar-refractivity contribution in [3.8, 4) is 0 Å². The summed E-state index contributed by atoms with van der Waals surface area (Å²) in [5.41, 5.74) is 0.712. The summed E-state index contributed by atoms with van der Waals surface area (Å²) in [5.74, 6) is 0.493. The molecule has 0 radical (unpaired) electrons. The minimum absolute atomic E-state index is 0.0658. The molecule has 1 saturated heterocycles. The average molecular weight is 367 g/mol. The highest BCUT2D eigenvalue weighted by molar-refractivity contribution is 7.89. The summed E-state index contributed by atoms with van der Waals surface area (Å²) < 4.78 is 27.8. The zero-order valence-corrected chi connectivity index (χ0v) is 16.7. The van der Waals surface area contributed by atoms with E-state index in [-0.39, 0.29) is 10.8 Å². The van der Waals surface area contributed by atoms with E-state index in [1.165, 1.54) is 6.07 Å². The maximum absolute atomic E-state index is 12.9. The Morgan fingerprint density at radius 1 is 1.32 bits per heavy atom. The number of benzene rings is 1. The van der Waals surface area contributed by atoms with Crippen LogP contribution >= 0.6 is 0 Å². The average Bonchev–Trinajstić information content (AvgIpc) is 2.93. The van der Waals surface area contributed by atoms with Crippen LogP contribution in [0.15, 0.2) is 23.1 Å². The Labute approximate surface area is 151 Å². The molecule has 0 aromatic heterocycles. The molecular formula is C19H30N2O3S. The van der Waals surface area contributed by atoms with Gasteiger partial charge in [-0.15, -0.1) is 0 Å². The maximum Gasteiger partial charge on any atom is 0.254 e. The molecule has 25 heavy (non-hydrogen) atoms. The summed E-state index contributed by atoms with van der Waals surface area (Å²) in [7, 11) is -3.65. The normalized spacial score (nSPS) is 18.6. The van der Waals surface area contributed by atoms with Crippen LogP contribution in [0.4, 0.5) is 0 Å². The number of nitrogens with one attached hydrogen (secondary N) is 1. The third-order valence-electron chi connectivity index (χ3n) is 4.46. The van der Waals surface area contributed by atoms with E-state index >= 15 is 0 Å². The molecule has 1 aromatic carbocycles. The van der Waals surface area contributed by atoms with Gasteiger partial charge in [-0.1, -0.05) is 19.4 Å². The number of nitrogens with zero attached hydrogens (tertiary/aromatic N) is 1. The second-order valence-corrected chi connectivity index (χ2v) is 9.71.